The van der Waals surface area contributed by atoms with E-state index in [9.17, 15) is 0 Å². The van der Waals surface area contributed by atoms with Crippen molar-refractivity contribution in [3.05, 3.63) is 93.9 Å². The normalized spacial score (nSPS) is 43.7. The Balaban J connectivity index is 0.00000240. The van der Waals surface area contributed by atoms with E-state index in [4.69, 9.17) is 0 Å². The van der Waals surface area contributed by atoms with Crippen molar-refractivity contribution in [1.82, 2.24) is 0 Å². The summed E-state index contributed by atoms with van der Waals surface area (Å²) in [6, 6.07) is 0. The number of hydrogen-bond donors (Lipinski definition) is 0. The maximum atomic E-state index is 2.85. The minimum Gasteiger partial charge on any atom is -1.00 e. The Hall–Kier alpha value is -0.747. The smallest absolute Gasteiger partial charge is 1.00 e. The van der Waals surface area contributed by atoms with Crippen molar-refractivity contribution < 1.29 is 46.1 Å². The third-order valence-electron chi connectivity index (χ3n) is 16.0. The van der Waals surface area contributed by atoms with E-state index in [0.717, 1.165) is 0 Å². The number of fused-ring (bicyclic) bond motifs is 8. The van der Waals surface area contributed by atoms with Crippen molar-refractivity contribution in [1.29, 1.82) is 0 Å². The maximum absolute atomic E-state index is 2.85. The molecule has 0 aromatic carbocycles. The molecule has 6 aliphatic rings. The Morgan fingerprint density at radius 1 is 0.696 bits per heavy atom. The van der Waals surface area contributed by atoms with Crippen LogP contribution in [0.2, 0.25) is 3.63 Å². The van der Waals surface area contributed by atoms with E-state index in [0.29, 0.717) is 9.54 Å². The summed E-state index contributed by atoms with van der Waals surface area (Å²) < 4.78 is 4.62. The van der Waals surface area contributed by atoms with Gasteiger partial charge in [-0.25, -0.2) is 0 Å². The SMILES string of the molecule is CCCC[C](CCCC)=[Zr+2]([C]1=CC=CC1)[CH]1C2C=CC=C(C)C2(C)C2(C)C3(C)C=CC=CC3(C)C3(C)C=CC=CC3(C)C12C.[Cl-].[Cl-]. The number of unbranched alkanes of at least 4 members (excludes halogenated alkanes) is 2. The van der Waals surface area contributed by atoms with Crippen LogP contribution < -0.4 is 24.8 Å². The van der Waals surface area contributed by atoms with Gasteiger partial charge in [0.1, 0.15) is 0 Å². The summed E-state index contributed by atoms with van der Waals surface area (Å²) in [6.07, 6.45) is 44.7. The molecule has 46 heavy (non-hydrogen) atoms. The second kappa shape index (κ2) is 12.9. The van der Waals surface area contributed by atoms with Gasteiger partial charge in [-0.2, -0.15) is 0 Å². The quantitative estimate of drug-likeness (QED) is 0.277. The molecule has 0 spiro atoms. The Morgan fingerprint density at radius 3 is 1.74 bits per heavy atom. The fourth-order valence-electron chi connectivity index (χ4n) is 12.7. The predicted octanol–water partition coefficient (Wildman–Crippen LogP) is 6.25. The van der Waals surface area contributed by atoms with Gasteiger partial charge in [-0.05, 0) is 0 Å². The first-order chi connectivity index (χ1) is 20.8. The van der Waals surface area contributed by atoms with E-state index >= 15 is 0 Å². The van der Waals surface area contributed by atoms with Crippen LogP contribution in [0.4, 0.5) is 0 Å². The molecule has 0 heterocycles. The number of halogens is 2. The van der Waals surface area contributed by atoms with Gasteiger partial charge in [-0.1, -0.05) is 0 Å². The Bertz CT molecular complexity index is 1490. The molecule has 9 unspecified atom stereocenters. The second-order valence-corrected chi connectivity index (χ2v) is 23.4. The number of hydrogen-bond acceptors (Lipinski definition) is 0. The summed E-state index contributed by atoms with van der Waals surface area (Å²) in [7, 11) is 0. The van der Waals surface area contributed by atoms with Gasteiger partial charge in [0.05, 0.1) is 0 Å². The summed E-state index contributed by atoms with van der Waals surface area (Å²) >= 11 is -2.46. The topological polar surface area (TPSA) is 0 Å². The molecule has 6 aliphatic carbocycles. The Morgan fingerprint density at radius 2 is 1.22 bits per heavy atom. The van der Waals surface area contributed by atoms with Crippen LogP contribution >= 0.6 is 0 Å². The van der Waals surface area contributed by atoms with Crippen LogP contribution in [0.5, 0.6) is 0 Å². The van der Waals surface area contributed by atoms with Gasteiger partial charge in [0, 0.05) is 0 Å². The van der Waals surface area contributed by atoms with Crippen molar-refractivity contribution in [2.24, 2.45) is 43.8 Å². The minimum atomic E-state index is -2.46. The fourth-order valence-corrected chi connectivity index (χ4v) is 24.4. The third kappa shape index (κ3) is 4.22. The Kier molecular flexibility index (Phi) is 10.6. The van der Waals surface area contributed by atoms with Crippen LogP contribution in [0.25, 0.3) is 0 Å². The first-order valence-electron chi connectivity index (χ1n) is 18.0. The first kappa shape index (κ1) is 38.1. The second-order valence-electron chi connectivity index (χ2n) is 16.6. The molecule has 3 heteroatoms. The predicted molar refractivity (Wildman–Crippen MR) is 189 cm³/mol. The van der Waals surface area contributed by atoms with Crippen molar-refractivity contribution in [3.8, 4) is 0 Å². The van der Waals surface area contributed by atoms with Gasteiger partial charge in [-0.15, -0.1) is 0 Å². The van der Waals surface area contributed by atoms with Gasteiger partial charge in [0.2, 0.25) is 0 Å². The molecule has 0 N–H and O–H groups in total. The molecule has 0 aromatic rings. The van der Waals surface area contributed by atoms with Crippen molar-refractivity contribution in [2.45, 2.75) is 118 Å². The van der Waals surface area contributed by atoms with Crippen LogP contribution in [0.3, 0.4) is 0 Å². The van der Waals surface area contributed by atoms with E-state index in [1.54, 1.807) is 5.57 Å². The maximum Gasteiger partial charge on any atom is -1.00 e. The van der Waals surface area contributed by atoms with Crippen LogP contribution in [0.15, 0.2) is 93.9 Å². The minimum absolute atomic E-state index is 0. The van der Waals surface area contributed by atoms with Crippen LogP contribution in [-0.4, -0.2) is 3.21 Å². The van der Waals surface area contributed by atoms with E-state index in [2.05, 4.69) is 154 Å². The first-order valence-corrected chi connectivity index (χ1v) is 21.9. The molecule has 250 valence electrons. The molecule has 0 aromatic heterocycles. The standard InChI is InChI=1S/C29H37.C9H18.C5H5.2ClH.Zr/c1-21-14-13-15-22-20-27(6)25(4)18-10-9-16-23(25,2)24(3)17-11-12-19-26(24,5)29(27,8)28(21,22)7;1-3-5-7-9-8-6-4-2;1-2-4-5-3-1;;;/h9-20,22H,1-8H3;3-8H2,1-2H3;1-3H,4H2;2*1H;/q;;;;;+2/p-2. The number of allylic oxidation sites excluding steroid dienone is 16. The van der Waals surface area contributed by atoms with Gasteiger partial charge in [0.15, 0.2) is 0 Å². The molecular weight excluding hydrogens is 679 g/mol. The van der Waals surface area contributed by atoms with Crippen molar-refractivity contribution >= 4 is 3.21 Å². The van der Waals surface area contributed by atoms with Gasteiger partial charge >= 0.3 is 280 Å². The average Bonchev–Trinajstić information content (AvgIpc) is 3.59. The van der Waals surface area contributed by atoms with E-state index in [1.165, 1.54) is 44.9 Å². The zero-order valence-electron chi connectivity index (χ0n) is 30.4. The molecule has 2 saturated carbocycles. The summed E-state index contributed by atoms with van der Waals surface area (Å²) in [4.78, 5) is 0. The average molecular weight is 739 g/mol. The molecule has 0 saturated heterocycles. The van der Waals surface area contributed by atoms with Crippen LogP contribution in [-0.2, 0) is 21.3 Å². The van der Waals surface area contributed by atoms with Crippen molar-refractivity contribution in [3.63, 3.8) is 0 Å². The van der Waals surface area contributed by atoms with Gasteiger partial charge < -0.3 is 24.8 Å². The zero-order valence-corrected chi connectivity index (χ0v) is 34.4. The molecule has 9 atom stereocenters. The monoisotopic (exact) mass is 736 g/mol. The van der Waals surface area contributed by atoms with Gasteiger partial charge in [0.25, 0.3) is 0 Å². The van der Waals surface area contributed by atoms with Crippen molar-refractivity contribution in [2.75, 3.05) is 0 Å². The molecule has 0 radical (unpaired) electrons. The zero-order chi connectivity index (χ0) is 31.8. The molecule has 0 aliphatic heterocycles. The molecule has 0 nitrogen and oxygen atoms in total. The fraction of sp³-hybridized carbons (Fsp3) is 0.605. The molecule has 0 bridgehead atoms. The summed E-state index contributed by atoms with van der Waals surface area (Å²) in [5, 5.41) is 0. The molecular formula is C43H60Cl2Zr. The number of rotatable bonds is 8. The Labute approximate surface area is 302 Å². The van der Waals surface area contributed by atoms with E-state index in [1.807, 2.05) is 6.49 Å². The van der Waals surface area contributed by atoms with Gasteiger partial charge in [-0.3, -0.25) is 0 Å². The van der Waals surface area contributed by atoms with Crippen LogP contribution in [0, 0.1) is 43.8 Å². The third-order valence-corrected chi connectivity index (χ3v) is 25.5. The van der Waals surface area contributed by atoms with E-state index in [-0.39, 0.29) is 62.7 Å². The molecule has 0 amide bonds. The molecule has 6 rings (SSSR count). The summed E-state index contributed by atoms with van der Waals surface area (Å²) in [5.41, 5.74) is 1.68. The largest absolute Gasteiger partial charge is 1.00 e. The summed E-state index contributed by atoms with van der Waals surface area (Å²) in [6.45, 7) is 26.4. The van der Waals surface area contributed by atoms with Crippen LogP contribution in [0.1, 0.15) is 114 Å². The molecule has 2 fully saturated rings. The van der Waals surface area contributed by atoms with E-state index < -0.39 is 21.3 Å². The summed E-state index contributed by atoms with van der Waals surface area (Å²) in [5.74, 6) is 0.551.